The quantitative estimate of drug-likeness (QED) is 0.812. The number of rotatable bonds is 4. The normalized spacial score (nSPS) is 21.1. The first-order valence-electron chi connectivity index (χ1n) is 6.56. The summed E-state index contributed by atoms with van der Waals surface area (Å²) < 4.78 is 12.8. The SMILES string of the molecule is O=C(Cc1ccc(F)cc1)[C@@H]1C[C@H]1c1ccccc1. The lowest BCUT2D eigenvalue weighted by molar-refractivity contribution is -0.119. The number of hydrogen-bond acceptors (Lipinski definition) is 1. The molecular formula is C17H15FO. The lowest BCUT2D eigenvalue weighted by Crippen LogP contribution is -2.06. The maximum atomic E-state index is 12.8. The Bertz CT molecular complexity index is 574. The van der Waals surface area contributed by atoms with Crippen LogP contribution in [-0.2, 0) is 11.2 Å². The average molecular weight is 254 g/mol. The smallest absolute Gasteiger partial charge is 0.140 e. The van der Waals surface area contributed by atoms with E-state index in [1.807, 2.05) is 18.2 Å². The molecule has 1 nitrogen and oxygen atoms in total. The summed E-state index contributed by atoms with van der Waals surface area (Å²) >= 11 is 0. The summed E-state index contributed by atoms with van der Waals surface area (Å²) in [6, 6.07) is 16.4. The number of Topliss-reactive ketones (excluding diaryl/α,β-unsaturated/α-hetero) is 1. The molecule has 0 N–H and O–H groups in total. The van der Waals surface area contributed by atoms with Gasteiger partial charge in [0.2, 0.25) is 0 Å². The van der Waals surface area contributed by atoms with Gasteiger partial charge in [-0.15, -0.1) is 0 Å². The van der Waals surface area contributed by atoms with Crippen LogP contribution >= 0.6 is 0 Å². The van der Waals surface area contributed by atoms with Crippen molar-refractivity contribution < 1.29 is 9.18 Å². The zero-order valence-corrected chi connectivity index (χ0v) is 10.6. The first-order chi connectivity index (χ1) is 9.24. The maximum absolute atomic E-state index is 12.8. The van der Waals surface area contributed by atoms with Crippen molar-refractivity contribution in [1.82, 2.24) is 0 Å². The minimum absolute atomic E-state index is 0.146. The molecule has 96 valence electrons. The zero-order chi connectivity index (χ0) is 13.2. The van der Waals surface area contributed by atoms with Crippen molar-refractivity contribution in [3.63, 3.8) is 0 Å². The molecule has 0 aromatic heterocycles. The molecule has 0 unspecified atom stereocenters. The number of carbonyl (C=O) groups is 1. The molecule has 1 aliphatic carbocycles. The molecule has 2 atom stereocenters. The van der Waals surface area contributed by atoms with E-state index < -0.39 is 0 Å². The van der Waals surface area contributed by atoms with Crippen LogP contribution in [-0.4, -0.2) is 5.78 Å². The summed E-state index contributed by atoms with van der Waals surface area (Å²) in [6.07, 6.45) is 1.36. The average Bonchev–Trinajstić information content (AvgIpc) is 3.23. The van der Waals surface area contributed by atoms with Crippen LogP contribution in [0.5, 0.6) is 0 Å². The Morgan fingerprint density at radius 3 is 2.42 bits per heavy atom. The van der Waals surface area contributed by atoms with Crippen molar-refractivity contribution in [2.24, 2.45) is 5.92 Å². The van der Waals surface area contributed by atoms with E-state index in [0.717, 1.165) is 12.0 Å². The Balaban J connectivity index is 1.63. The van der Waals surface area contributed by atoms with Gasteiger partial charge < -0.3 is 0 Å². The summed E-state index contributed by atoms with van der Waals surface area (Å²) in [4.78, 5) is 12.1. The Kier molecular flexibility index (Phi) is 3.16. The van der Waals surface area contributed by atoms with E-state index in [2.05, 4.69) is 12.1 Å². The highest BCUT2D eigenvalue weighted by atomic mass is 19.1. The fraction of sp³-hybridized carbons (Fsp3) is 0.235. The number of halogens is 1. The summed E-state index contributed by atoms with van der Waals surface area (Å²) in [6.45, 7) is 0. The minimum Gasteiger partial charge on any atom is -0.299 e. The van der Waals surface area contributed by atoms with Gasteiger partial charge in [0.15, 0.2) is 0 Å². The summed E-state index contributed by atoms with van der Waals surface area (Å²) in [5.74, 6) is 0.534. The topological polar surface area (TPSA) is 17.1 Å². The highest BCUT2D eigenvalue weighted by Gasteiger charge is 2.43. The minimum atomic E-state index is -0.259. The van der Waals surface area contributed by atoms with Gasteiger partial charge in [-0.3, -0.25) is 4.79 Å². The molecule has 19 heavy (non-hydrogen) atoms. The second-order valence-corrected chi connectivity index (χ2v) is 5.13. The molecule has 1 fully saturated rings. The highest BCUT2D eigenvalue weighted by molar-refractivity contribution is 5.86. The van der Waals surface area contributed by atoms with Crippen LogP contribution in [0.3, 0.4) is 0 Å². The predicted octanol–water partition coefficient (Wildman–Crippen LogP) is 3.74. The lowest BCUT2D eigenvalue weighted by atomic mass is 10.0. The third-order valence-electron chi connectivity index (χ3n) is 3.72. The van der Waals surface area contributed by atoms with Crippen molar-refractivity contribution >= 4 is 5.78 Å². The molecule has 0 heterocycles. The van der Waals surface area contributed by atoms with E-state index in [0.29, 0.717) is 12.3 Å². The molecule has 0 spiro atoms. The molecule has 2 aromatic rings. The van der Waals surface area contributed by atoms with E-state index in [-0.39, 0.29) is 17.5 Å². The van der Waals surface area contributed by atoms with Gasteiger partial charge in [0.05, 0.1) is 0 Å². The largest absolute Gasteiger partial charge is 0.299 e. The molecule has 0 aliphatic heterocycles. The number of hydrogen-bond donors (Lipinski definition) is 0. The first kappa shape index (κ1) is 12.1. The van der Waals surface area contributed by atoms with Gasteiger partial charge in [0, 0.05) is 12.3 Å². The van der Waals surface area contributed by atoms with E-state index in [1.54, 1.807) is 12.1 Å². The van der Waals surface area contributed by atoms with Gasteiger partial charge in [-0.1, -0.05) is 42.5 Å². The van der Waals surface area contributed by atoms with E-state index in [1.165, 1.54) is 17.7 Å². The molecule has 0 saturated heterocycles. The van der Waals surface area contributed by atoms with Gasteiger partial charge in [-0.05, 0) is 35.6 Å². The van der Waals surface area contributed by atoms with Gasteiger partial charge in [0.1, 0.15) is 11.6 Å². The van der Waals surface area contributed by atoms with Gasteiger partial charge in [0.25, 0.3) is 0 Å². The Morgan fingerprint density at radius 2 is 1.74 bits per heavy atom. The molecule has 1 aliphatic rings. The van der Waals surface area contributed by atoms with Crippen molar-refractivity contribution in [2.45, 2.75) is 18.8 Å². The number of ketones is 1. The monoisotopic (exact) mass is 254 g/mol. The molecule has 0 bridgehead atoms. The fourth-order valence-corrected chi connectivity index (χ4v) is 2.55. The molecule has 1 saturated carbocycles. The first-order valence-corrected chi connectivity index (χ1v) is 6.56. The number of carbonyl (C=O) groups excluding carboxylic acids is 1. The molecule has 0 radical (unpaired) electrons. The Hall–Kier alpha value is -1.96. The molecule has 2 aromatic carbocycles. The Labute approximate surface area is 112 Å². The van der Waals surface area contributed by atoms with Gasteiger partial charge >= 0.3 is 0 Å². The molecule has 0 amide bonds. The van der Waals surface area contributed by atoms with E-state index in [9.17, 15) is 9.18 Å². The highest BCUT2D eigenvalue weighted by Crippen LogP contribution is 2.48. The molecular weight excluding hydrogens is 239 g/mol. The van der Waals surface area contributed by atoms with Crippen molar-refractivity contribution in [1.29, 1.82) is 0 Å². The van der Waals surface area contributed by atoms with Crippen LogP contribution < -0.4 is 0 Å². The Morgan fingerprint density at radius 1 is 1.05 bits per heavy atom. The number of benzene rings is 2. The summed E-state index contributed by atoms with van der Waals surface area (Å²) in [5, 5.41) is 0. The fourth-order valence-electron chi connectivity index (χ4n) is 2.55. The van der Waals surface area contributed by atoms with Crippen LogP contribution in [0.25, 0.3) is 0 Å². The third-order valence-corrected chi connectivity index (χ3v) is 3.72. The lowest BCUT2D eigenvalue weighted by Gasteiger charge is -2.01. The third kappa shape index (κ3) is 2.73. The standard InChI is InChI=1S/C17H15FO/c18-14-8-6-12(7-9-14)10-17(19)16-11-15(16)13-4-2-1-3-5-13/h1-9,15-16H,10-11H2/t15-,16+/m0/s1. The summed E-state index contributed by atoms with van der Waals surface area (Å²) in [5.41, 5.74) is 2.14. The van der Waals surface area contributed by atoms with Crippen molar-refractivity contribution in [3.8, 4) is 0 Å². The summed E-state index contributed by atoms with van der Waals surface area (Å²) in [7, 11) is 0. The van der Waals surface area contributed by atoms with E-state index >= 15 is 0 Å². The van der Waals surface area contributed by atoms with Crippen LogP contribution in [0.15, 0.2) is 54.6 Å². The van der Waals surface area contributed by atoms with Crippen LogP contribution in [0.2, 0.25) is 0 Å². The van der Waals surface area contributed by atoms with Crippen LogP contribution in [0, 0.1) is 11.7 Å². The van der Waals surface area contributed by atoms with E-state index in [4.69, 9.17) is 0 Å². The van der Waals surface area contributed by atoms with Crippen molar-refractivity contribution in [2.75, 3.05) is 0 Å². The van der Waals surface area contributed by atoms with Crippen LogP contribution in [0.4, 0.5) is 4.39 Å². The second-order valence-electron chi connectivity index (χ2n) is 5.13. The van der Waals surface area contributed by atoms with Crippen LogP contribution in [0.1, 0.15) is 23.5 Å². The molecule has 2 heteroatoms. The second kappa shape index (κ2) is 4.96. The van der Waals surface area contributed by atoms with Gasteiger partial charge in [-0.25, -0.2) is 4.39 Å². The zero-order valence-electron chi connectivity index (χ0n) is 10.6. The maximum Gasteiger partial charge on any atom is 0.140 e. The predicted molar refractivity (Wildman–Crippen MR) is 72.4 cm³/mol. The van der Waals surface area contributed by atoms with Gasteiger partial charge in [-0.2, -0.15) is 0 Å². The molecule has 3 rings (SSSR count). The van der Waals surface area contributed by atoms with Crippen molar-refractivity contribution in [3.05, 3.63) is 71.5 Å².